The number of ether oxygens (including phenoxy) is 3. The van der Waals surface area contributed by atoms with Crippen LogP contribution >= 0.6 is 0 Å². The number of hydrogen-bond acceptors (Lipinski definition) is 9. The number of carbonyl (C=O) groups is 1. The highest BCUT2D eigenvalue weighted by atomic mass is 16.6. The first-order chi connectivity index (χ1) is 14.2. The number of fused-ring (bicyclic) bond motifs is 1. The van der Waals surface area contributed by atoms with Crippen molar-refractivity contribution in [1.82, 2.24) is 40.3 Å². The summed E-state index contributed by atoms with van der Waals surface area (Å²) >= 11 is 0. The molecule has 0 unspecified atom stereocenters. The molecule has 150 valence electrons. The SMILES string of the molecule is CC(=O)N[C@H]1CO[C@H]2[C@@H]1OC[C@@H]2n1nnnc1Oc1ccc(-n2cncn2)cc1. The zero-order chi connectivity index (χ0) is 19.8. The third kappa shape index (κ3) is 3.32. The molecule has 2 aliphatic heterocycles. The number of nitrogens with one attached hydrogen (secondary N) is 1. The molecule has 1 amide bonds. The van der Waals surface area contributed by atoms with E-state index in [9.17, 15) is 4.79 Å². The highest BCUT2D eigenvalue weighted by Crippen LogP contribution is 2.36. The van der Waals surface area contributed by atoms with Crippen molar-refractivity contribution in [3.63, 3.8) is 0 Å². The third-order valence-corrected chi connectivity index (χ3v) is 4.92. The van der Waals surface area contributed by atoms with E-state index in [1.165, 1.54) is 13.3 Å². The summed E-state index contributed by atoms with van der Waals surface area (Å²) in [5.41, 5.74) is 0.852. The second kappa shape index (κ2) is 7.22. The monoisotopic (exact) mass is 398 g/mol. The molecule has 1 aromatic carbocycles. The highest BCUT2D eigenvalue weighted by molar-refractivity contribution is 5.73. The number of carbonyl (C=O) groups excluding carboxylic acids is 1. The first-order valence-corrected chi connectivity index (χ1v) is 9.10. The third-order valence-electron chi connectivity index (χ3n) is 4.92. The van der Waals surface area contributed by atoms with E-state index in [1.807, 2.05) is 12.1 Å². The summed E-state index contributed by atoms with van der Waals surface area (Å²) < 4.78 is 20.8. The molecule has 0 spiro atoms. The molecule has 12 nitrogen and oxygen atoms in total. The summed E-state index contributed by atoms with van der Waals surface area (Å²) in [5.74, 6) is 0.455. The molecule has 0 saturated carbocycles. The first-order valence-electron chi connectivity index (χ1n) is 9.10. The summed E-state index contributed by atoms with van der Waals surface area (Å²) in [7, 11) is 0. The van der Waals surface area contributed by atoms with Crippen molar-refractivity contribution in [2.75, 3.05) is 13.2 Å². The molecule has 12 heteroatoms. The van der Waals surface area contributed by atoms with Gasteiger partial charge in [-0.05, 0) is 34.7 Å². The van der Waals surface area contributed by atoms with Gasteiger partial charge in [0, 0.05) is 6.92 Å². The van der Waals surface area contributed by atoms with Crippen LogP contribution in [0.25, 0.3) is 5.69 Å². The summed E-state index contributed by atoms with van der Waals surface area (Å²) in [6.07, 6.45) is 2.56. The van der Waals surface area contributed by atoms with E-state index in [4.69, 9.17) is 14.2 Å². The summed E-state index contributed by atoms with van der Waals surface area (Å²) in [4.78, 5) is 15.3. The summed E-state index contributed by atoms with van der Waals surface area (Å²) in [6.45, 7) is 2.22. The smallest absolute Gasteiger partial charge is 0.341 e. The topological polar surface area (TPSA) is 131 Å². The lowest BCUT2D eigenvalue weighted by atomic mass is 10.1. The maximum absolute atomic E-state index is 11.4. The van der Waals surface area contributed by atoms with Crippen LogP contribution in [0.2, 0.25) is 0 Å². The molecule has 5 rings (SSSR count). The number of tetrazole rings is 1. The van der Waals surface area contributed by atoms with E-state index in [1.54, 1.807) is 27.8 Å². The van der Waals surface area contributed by atoms with Crippen molar-refractivity contribution in [1.29, 1.82) is 0 Å². The largest absolute Gasteiger partial charge is 0.423 e. The lowest BCUT2D eigenvalue weighted by Gasteiger charge is -2.17. The number of aromatic nitrogens is 7. The summed E-state index contributed by atoms with van der Waals surface area (Å²) in [6, 6.07) is 7.09. The normalized spacial score (nSPS) is 25.7. The van der Waals surface area contributed by atoms with Crippen molar-refractivity contribution in [2.45, 2.75) is 31.2 Å². The van der Waals surface area contributed by atoms with Gasteiger partial charge in [-0.15, -0.1) is 0 Å². The Labute approximate surface area is 164 Å². The second-order valence-electron chi connectivity index (χ2n) is 6.81. The fourth-order valence-corrected chi connectivity index (χ4v) is 3.65. The lowest BCUT2D eigenvalue weighted by molar-refractivity contribution is -0.120. The average molecular weight is 398 g/mol. The zero-order valence-corrected chi connectivity index (χ0v) is 15.5. The van der Waals surface area contributed by atoms with Crippen molar-refractivity contribution < 1.29 is 19.0 Å². The van der Waals surface area contributed by atoms with Gasteiger partial charge in [0.15, 0.2) is 0 Å². The molecule has 0 bridgehead atoms. The van der Waals surface area contributed by atoms with E-state index in [0.717, 1.165) is 5.69 Å². The Kier molecular flexibility index (Phi) is 4.41. The van der Waals surface area contributed by atoms with Crippen LogP contribution in [0.3, 0.4) is 0 Å². The maximum Gasteiger partial charge on any atom is 0.341 e. The van der Waals surface area contributed by atoms with Gasteiger partial charge in [-0.1, -0.05) is 5.10 Å². The molecular weight excluding hydrogens is 380 g/mol. The van der Waals surface area contributed by atoms with Crippen LogP contribution in [-0.4, -0.2) is 72.3 Å². The van der Waals surface area contributed by atoms with Gasteiger partial charge in [-0.3, -0.25) is 4.79 Å². The lowest BCUT2D eigenvalue weighted by Crippen LogP contribution is -2.43. The van der Waals surface area contributed by atoms with Gasteiger partial charge in [0.1, 0.15) is 36.7 Å². The van der Waals surface area contributed by atoms with Crippen LogP contribution in [-0.2, 0) is 14.3 Å². The van der Waals surface area contributed by atoms with Gasteiger partial charge in [-0.25, -0.2) is 9.67 Å². The quantitative estimate of drug-likeness (QED) is 0.625. The molecule has 3 aromatic rings. The van der Waals surface area contributed by atoms with E-state index in [-0.39, 0.29) is 36.2 Å². The predicted octanol–water partition coefficient (Wildman–Crippen LogP) is -0.110. The Hall–Kier alpha value is -3.38. The minimum absolute atomic E-state index is 0.118. The van der Waals surface area contributed by atoms with Gasteiger partial charge in [0.2, 0.25) is 5.91 Å². The second-order valence-corrected chi connectivity index (χ2v) is 6.81. The maximum atomic E-state index is 11.4. The zero-order valence-electron chi connectivity index (χ0n) is 15.5. The minimum atomic E-state index is -0.271. The fraction of sp³-hybridized carbons (Fsp3) is 0.412. The molecule has 0 aliphatic carbocycles. The molecular formula is C17H18N8O4. The van der Waals surface area contributed by atoms with Crippen molar-refractivity contribution in [2.24, 2.45) is 0 Å². The van der Waals surface area contributed by atoms with E-state index in [2.05, 4.69) is 30.9 Å². The van der Waals surface area contributed by atoms with E-state index in [0.29, 0.717) is 19.0 Å². The molecule has 0 radical (unpaired) electrons. The van der Waals surface area contributed by atoms with Crippen LogP contribution in [0, 0.1) is 0 Å². The molecule has 2 aromatic heterocycles. The molecule has 4 atom stereocenters. The highest BCUT2D eigenvalue weighted by Gasteiger charge is 2.50. The Bertz CT molecular complexity index is 989. The molecule has 1 N–H and O–H groups in total. The Morgan fingerprint density at radius 3 is 2.79 bits per heavy atom. The number of amides is 1. The molecule has 2 aliphatic rings. The van der Waals surface area contributed by atoms with Crippen molar-refractivity contribution >= 4 is 5.91 Å². The predicted molar refractivity (Wildman–Crippen MR) is 95.4 cm³/mol. The van der Waals surface area contributed by atoms with Crippen LogP contribution in [0.1, 0.15) is 13.0 Å². The molecule has 2 fully saturated rings. The molecule has 29 heavy (non-hydrogen) atoms. The van der Waals surface area contributed by atoms with E-state index < -0.39 is 0 Å². The standard InChI is InChI=1S/C17H18N8O4/c1-10(26)20-13-6-27-16-14(7-28-15(13)16)25-17(21-22-23-25)29-12-4-2-11(3-5-12)24-9-18-8-19-24/h2-5,8-9,13-16H,6-7H2,1H3,(H,20,26)/t13-,14-,15+,16+/m0/s1. The van der Waals surface area contributed by atoms with Gasteiger partial charge in [0.25, 0.3) is 0 Å². The summed E-state index contributed by atoms with van der Waals surface area (Å²) in [5, 5.41) is 18.7. The average Bonchev–Trinajstić information content (AvgIpc) is 3.48. The number of benzene rings is 1. The van der Waals surface area contributed by atoms with Gasteiger partial charge in [0.05, 0.1) is 24.9 Å². The van der Waals surface area contributed by atoms with Gasteiger partial charge >= 0.3 is 6.01 Å². The van der Waals surface area contributed by atoms with Crippen LogP contribution in [0.5, 0.6) is 11.8 Å². The Morgan fingerprint density at radius 2 is 2.03 bits per heavy atom. The van der Waals surface area contributed by atoms with Gasteiger partial charge < -0.3 is 19.5 Å². The Balaban J connectivity index is 1.31. The number of rotatable bonds is 5. The van der Waals surface area contributed by atoms with Crippen LogP contribution in [0.15, 0.2) is 36.9 Å². The van der Waals surface area contributed by atoms with Crippen molar-refractivity contribution in [3.8, 4) is 17.4 Å². The van der Waals surface area contributed by atoms with Gasteiger partial charge in [-0.2, -0.15) is 9.78 Å². The molecule has 4 heterocycles. The number of hydrogen-bond donors (Lipinski definition) is 1. The van der Waals surface area contributed by atoms with Crippen LogP contribution in [0.4, 0.5) is 0 Å². The van der Waals surface area contributed by atoms with Crippen LogP contribution < -0.4 is 10.1 Å². The fourth-order valence-electron chi connectivity index (χ4n) is 3.65. The van der Waals surface area contributed by atoms with Crippen molar-refractivity contribution in [3.05, 3.63) is 36.9 Å². The number of nitrogens with zero attached hydrogens (tertiary/aromatic N) is 7. The first kappa shape index (κ1) is 17.7. The van der Waals surface area contributed by atoms with E-state index >= 15 is 0 Å². The Morgan fingerprint density at radius 1 is 1.21 bits per heavy atom. The minimum Gasteiger partial charge on any atom is -0.423 e. The molecule has 2 saturated heterocycles.